The van der Waals surface area contributed by atoms with Gasteiger partial charge in [-0.3, -0.25) is 9.13 Å². The normalized spacial score (nSPS) is 25.5. The van der Waals surface area contributed by atoms with Crippen LogP contribution in [0.4, 0.5) is 5.82 Å². The summed E-state index contributed by atoms with van der Waals surface area (Å²) in [5, 5.41) is 13.8. The largest absolute Gasteiger partial charge is 0.390 e. The summed E-state index contributed by atoms with van der Waals surface area (Å²) >= 11 is 0. The van der Waals surface area contributed by atoms with E-state index in [-0.39, 0.29) is 11.7 Å². The quantitative estimate of drug-likeness (QED) is 0.826. The van der Waals surface area contributed by atoms with Gasteiger partial charge in [0.05, 0.1) is 5.60 Å². The van der Waals surface area contributed by atoms with Crippen molar-refractivity contribution in [2.24, 2.45) is 5.92 Å². The van der Waals surface area contributed by atoms with Gasteiger partial charge in [0.2, 0.25) is 0 Å². The number of hydrogen-bond acceptors (Lipinski definition) is 5. The Bertz CT molecular complexity index is 939. The SMILES string of the molecule is CCCn1c2nc(C3=CCC(C)(O)CC3)nc-2c2n(c1=O)C[C@@H](C(C)CC)N2. The standard InChI is InChI=1S/C21H31N5O2/c1-5-11-25-19-16(18-22-15(13(3)6-2)12-26(18)20(25)27)23-17(24-19)14-7-9-21(4,28)10-8-14/h7,13,15,22,28H,5-6,8-12H2,1-4H3/t13?,15-,21?/m0/s1. The molecule has 0 aromatic carbocycles. The highest BCUT2D eigenvalue weighted by molar-refractivity contribution is 5.74. The number of aromatic nitrogens is 4. The zero-order chi connectivity index (χ0) is 20.1. The van der Waals surface area contributed by atoms with Crippen molar-refractivity contribution in [3.05, 3.63) is 22.4 Å². The van der Waals surface area contributed by atoms with Gasteiger partial charge in [0.15, 0.2) is 11.6 Å². The van der Waals surface area contributed by atoms with Crippen LogP contribution in [0.1, 0.15) is 65.6 Å². The summed E-state index contributed by atoms with van der Waals surface area (Å²) in [6, 6.07) is 0.238. The number of nitrogens with zero attached hydrogens (tertiary/aromatic N) is 4. The summed E-state index contributed by atoms with van der Waals surface area (Å²) in [7, 11) is 0. The third-order valence-corrected chi connectivity index (χ3v) is 6.34. The second kappa shape index (κ2) is 7.03. The van der Waals surface area contributed by atoms with E-state index in [4.69, 9.17) is 9.97 Å². The Balaban J connectivity index is 1.82. The molecular formula is C21H31N5O2. The molecule has 7 heteroatoms. The second-order valence-corrected chi connectivity index (χ2v) is 8.68. The Morgan fingerprint density at radius 2 is 2.18 bits per heavy atom. The Hall–Kier alpha value is -2.15. The number of allylic oxidation sites excluding steroid dienone is 1. The Morgan fingerprint density at radius 3 is 2.82 bits per heavy atom. The number of aliphatic hydroxyl groups is 1. The highest BCUT2D eigenvalue weighted by Gasteiger charge is 2.34. The smallest absolute Gasteiger partial charge is 0.331 e. The minimum absolute atomic E-state index is 0.00494. The first-order valence-corrected chi connectivity index (χ1v) is 10.5. The number of anilines is 1. The first-order chi connectivity index (χ1) is 13.3. The summed E-state index contributed by atoms with van der Waals surface area (Å²) in [5.41, 5.74) is 1.19. The van der Waals surface area contributed by atoms with E-state index in [2.05, 4.69) is 26.1 Å². The first kappa shape index (κ1) is 19.2. The van der Waals surface area contributed by atoms with Crippen LogP contribution in [0.25, 0.3) is 17.1 Å². The molecule has 3 aliphatic heterocycles. The highest BCUT2D eigenvalue weighted by Crippen LogP contribution is 2.36. The molecule has 0 aromatic heterocycles. The van der Waals surface area contributed by atoms with Gasteiger partial charge >= 0.3 is 5.69 Å². The summed E-state index contributed by atoms with van der Waals surface area (Å²) in [4.78, 5) is 22.8. The Labute approximate surface area is 165 Å². The molecule has 0 saturated heterocycles. The lowest BCUT2D eigenvalue weighted by molar-refractivity contribution is 0.0523. The van der Waals surface area contributed by atoms with Gasteiger partial charge in [0, 0.05) is 19.1 Å². The average Bonchev–Trinajstić information content (AvgIpc) is 3.29. The number of rotatable bonds is 5. The highest BCUT2D eigenvalue weighted by atomic mass is 16.3. The van der Waals surface area contributed by atoms with E-state index < -0.39 is 5.60 Å². The summed E-state index contributed by atoms with van der Waals surface area (Å²) in [6.07, 6.45) is 6.03. The van der Waals surface area contributed by atoms with Gasteiger partial charge in [0.1, 0.15) is 11.5 Å². The molecule has 0 bridgehead atoms. The molecule has 7 nitrogen and oxygen atoms in total. The van der Waals surface area contributed by atoms with Gasteiger partial charge in [-0.1, -0.05) is 33.3 Å². The summed E-state index contributed by atoms with van der Waals surface area (Å²) in [5.74, 6) is 2.64. The molecule has 0 radical (unpaired) electrons. The monoisotopic (exact) mass is 385 g/mol. The zero-order valence-electron chi connectivity index (χ0n) is 17.3. The maximum atomic E-state index is 13.2. The summed E-state index contributed by atoms with van der Waals surface area (Å²) < 4.78 is 3.61. The predicted octanol–water partition coefficient (Wildman–Crippen LogP) is 3.11. The number of nitrogens with one attached hydrogen (secondary N) is 1. The van der Waals surface area contributed by atoms with Gasteiger partial charge in [0.25, 0.3) is 0 Å². The first-order valence-electron chi connectivity index (χ1n) is 10.5. The molecule has 0 fully saturated rings. The van der Waals surface area contributed by atoms with Crippen LogP contribution in [0, 0.1) is 5.92 Å². The van der Waals surface area contributed by atoms with Crippen LogP contribution in [0.2, 0.25) is 0 Å². The molecule has 4 rings (SSSR count). The topological polar surface area (TPSA) is 85.0 Å². The van der Waals surface area contributed by atoms with E-state index in [9.17, 15) is 9.90 Å². The third-order valence-electron chi connectivity index (χ3n) is 6.34. The molecule has 4 aliphatic rings. The van der Waals surface area contributed by atoms with Crippen LogP contribution in [0.15, 0.2) is 10.9 Å². The lowest BCUT2D eigenvalue weighted by Crippen LogP contribution is -2.32. The second-order valence-electron chi connectivity index (χ2n) is 8.68. The van der Waals surface area contributed by atoms with E-state index >= 15 is 0 Å². The Morgan fingerprint density at radius 1 is 1.39 bits per heavy atom. The fourth-order valence-electron chi connectivity index (χ4n) is 4.20. The lowest BCUT2D eigenvalue weighted by Gasteiger charge is -2.26. The van der Waals surface area contributed by atoms with Crippen LogP contribution < -0.4 is 11.0 Å². The van der Waals surface area contributed by atoms with Crippen molar-refractivity contribution in [1.82, 2.24) is 19.1 Å². The predicted molar refractivity (Wildman–Crippen MR) is 111 cm³/mol. The van der Waals surface area contributed by atoms with Crippen LogP contribution in [0.5, 0.6) is 0 Å². The molecule has 3 heterocycles. The fourth-order valence-corrected chi connectivity index (χ4v) is 4.20. The lowest BCUT2D eigenvalue weighted by atomic mass is 9.87. The molecule has 0 aromatic rings. The van der Waals surface area contributed by atoms with E-state index in [1.54, 1.807) is 4.57 Å². The molecule has 1 aliphatic carbocycles. The fraction of sp³-hybridized carbons (Fsp3) is 0.667. The third kappa shape index (κ3) is 3.15. The van der Waals surface area contributed by atoms with Crippen LogP contribution in [-0.2, 0) is 13.1 Å². The van der Waals surface area contributed by atoms with E-state index in [0.717, 1.165) is 36.3 Å². The molecular weight excluding hydrogens is 354 g/mol. The molecule has 152 valence electrons. The van der Waals surface area contributed by atoms with E-state index in [1.165, 1.54) is 0 Å². The van der Waals surface area contributed by atoms with Gasteiger partial charge in [-0.25, -0.2) is 14.8 Å². The molecule has 2 unspecified atom stereocenters. The van der Waals surface area contributed by atoms with Crippen molar-refractivity contribution in [2.75, 3.05) is 5.32 Å². The van der Waals surface area contributed by atoms with Gasteiger partial charge in [-0.15, -0.1) is 0 Å². The van der Waals surface area contributed by atoms with E-state index in [0.29, 0.717) is 43.5 Å². The number of hydrogen-bond donors (Lipinski definition) is 2. The number of imidazole rings is 1. The van der Waals surface area contributed by atoms with Crippen LogP contribution in [0.3, 0.4) is 0 Å². The minimum atomic E-state index is -0.651. The number of fused-ring (bicyclic) bond motifs is 3. The maximum Gasteiger partial charge on any atom is 0.331 e. The molecule has 0 spiro atoms. The van der Waals surface area contributed by atoms with Crippen molar-refractivity contribution < 1.29 is 5.11 Å². The Kier molecular flexibility index (Phi) is 4.81. The van der Waals surface area contributed by atoms with Gasteiger partial charge < -0.3 is 10.4 Å². The van der Waals surface area contributed by atoms with Gasteiger partial charge in [-0.05, 0) is 44.1 Å². The van der Waals surface area contributed by atoms with Crippen molar-refractivity contribution >= 4 is 11.4 Å². The van der Waals surface area contributed by atoms with Crippen LogP contribution in [-0.4, -0.2) is 35.9 Å². The molecule has 28 heavy (non-hydrogen) atoms. The molecule has 2 N–H and O–H groups in total. The van der Waals surface area contributed by atoms with Gasteiger partial charge in [-0.2, -0.15) is 0 Å². The molecule has 0 amide bonds. The maximum absolute atomic E-state index is 13.2. The molecule has 3 atom stereocenters. The summed E-state index contributed by atoms with van der Waals surface area (Å²) in [6.45, 7) is 9.64. The van der Waals surface area contributed by atoms with Crippen molar-refractivity contribution in [2.45, 2.75) is 84.5 Å². The van der Waals surface area contributed by atoms with Crippen LogP contribution >= 0.6 is 0 Å². The van der Waals surface area contributed by atoms with Crippen molar-refractivity contribution in [3.63, 3.8) is 0 Å². The molecule has 0 saturated carbocycles. The minimum Gasteiger partial charge on any atom is -0.390 e. The zero-order valence-corrected chi connectivity index (χ0v) is 17.3. The van der Waals surface area contributed by atoms with Crippen molar-refractivity contribution in [3.8, 4) is 11.5 Å². The average molecular weight is 386 g/mol. The van der Waals surface area contributed by atoms with Crippen molar-refractivity contribution in [1.29, 1.82) is 0 Å². The van der Waals surface area contributed by atoms with E-state index in [1.807, 2.05) is 17.6 Å².